The molecule has 14 heavy (non-hydrogen) atoms. The summed E-state index contributed by atoms with van der Waals surface area (Å²) in [5.41, 5.74) is -0.473. The van der Waals surface area contributed by atoms with E-state index < -0.39 is 5.41 Å². The van der Waals surface area contributed by atoms with Crippen molar-refractivity contribution in [1.82, 2.24) is 4.90 Å². The van der Waals surface area contributed by atoms with Crippen LogP contribution in [0.2, 0.25) is 0 Å². The third-order valence-electron chi connectivity index (χ3n) is 2.37. The van der Waals surface area contributed by atoms with Crippen LogP contribution in [0.5, 0.6) is 0 Å². The molecule has 0 saturated carbocycles. The lowest BCUT2D eigenvalue weighted by Crippen LogP contribution is -2.45. The molecule has 0 aliphatic carbocycles. The minimum absolute atomic E-state index is 0.236. The first kappa shape index (κ1) is 11.7. The molecule has 1 saturated heterocycles. The van der Waals surface area contributed by atoms with E-state index in [0.29, 0.717) is 6.54 Å². The highest BCUT2D eigenvalue weighted by molar-refractivity contribution is 6.06. The number of hydrogen-bond donors (Lipinski definition) is 0. The molecule has 0 bridgehead atoms. The van der Waals surface area contributed by atoms with Gasteiger partial charge in [-0.05, 0) is 13.8 Å². The number of hydrogen-bond acceptors (Lipinski definition) is 4. The Morgan fingerprint density at radius 2 is 2.07 bits per heavy atom. The van der Waals surface area contributed by atoms with Gasteiger partial charge in [0.2, 0.25) is 0 Å². The van der Waals surface area contributed by atoms with Gasteiger partial charge < -0.3 is 9.16 Å². The topological polar surface area (TPSA) is 38.8 Å². The van der Waals surface area contributed by atoms with Gasteiger partial charge >= 0.3 is 10.5 Å². The van der Waals surface area contributed by atoms with Crippen LogP contribution in [0.25, 0.3) is 0 Å². The molecule has 0 unspecified atom stereocenters. The summed E-state index contributed by atoms with van der Waals surface area (Å²) in [5, 5.41) is 0. The van der Waals surface area contributed by atoms with E-state index >= 15 is 0 Å². The number of nitrogens with zero attached hydrogens (tertiary/aromatic N) is 1. The van der Waals surface area contributed by atoms with E-state index in [-0.39, 0.29) is 5.97 Å². The Labute approximate surface area is 88.1 Å². The van der Waals surface area contributed by atoms with Crippen molar-refractivity contribution in [3.8, 4) is 0 Å². The molecule has 0 atom stereocenters. The van der Waals surface area contributed by atoms with Gasteiger partial charge in [0.1, 0.15) is 0 Å². The third-order valence-corrected chi connectivity index (χ3v) is 2.55. The molecule has 1 aliphatic heterocycles. The second-order valence-electron chi connectivity index (χ2n) is 4.16. The lowest BCUT2D eigenvalue weighted by Gasteiger charge is -2.33. The van der Waals surface area contributed by atoms with Crippen LogP contribution in [0.15, 0.2) is 0 Å². The van der Waals surface area contributed by atoms with Crippen molar-refractivity contribution in [3.05, 3.63) is 0 Å². The van der Waals surface area contributed by atoms with Gasteiger partial charge in [0.05, 0.1) is 18.6 Å². The fraction of sp³-hybridized carbons (Fsp3) is 0.889. The van der Waals surface area contributed by atoms with E-state index in [1.54, 1.807) is 0 Å². The maximum atomic E-state index is 11.4. The molecule has 4 nitrogen and oxygen atoms in total. The molecule has 5 heteroatoms. The van der Waals surface area contributed by atoms with E-state index in [4.69, 9.17) is 4.74 Å². The molecule has 0 N–H and O–H groups in total. The predicted octanol–water partition coefficient (Wildman–Crippen LogP) is -0.0285. The SMILES string of the molecule is CC(C)(CN1CCOCC1)C(=O)O[Si]. The van der Waals surface area contributed by atoms with Gasteiger partial charge in [0.25, 0.3) is 5.97 Å². The number of carbonyl (C=O) groups is 1. The normalized spacial score (nSPS) is 19.4. The first-order valence-electron chi connectivity index (χ1n) is 4.74. The van der Waals surface area contributed by atoms with Gasteiger partial charge in [-0.25, -0.2) is 0 Å². The molecule has 79 valence electrons. The second-order valence-corrected chi connectivity index (χ2v) is 4.37. The zero-order valence-corrected chi connectivity index (χ0v) is 9.71. The maximum absolute atomic E-state index is 11.4. The van der Waals surface area contributed by atoms with Crippen molar-refractivity contribution < 1.29 is 14.0 Å². The van der Waals surface area contributed by atoms with Gasteiger partial charge in [-0.15, -0.1) is 0 Å². The zero-order valence-electron chi connectivity index (χ0n) is 8.71. The molecule has 0 aromatic heterocycles. The Hall–Kier alpha value is -0.393. The predicted molar refractivity (Wildman–Crippen MR) is 52.9 cm³/mol. The Kier molecular flexibility index (Phi) is 4.09. The highest BCUT2D eigenvalue weighted by Crippen LogP contribution is 2.19. The van der Waals surface area contributed by atoms with Gasteiger partial charge in [-0.3, -0.25) is 9.69 Å². The molecule has 1 aliphatic rings. The molecular weight excluding hydrogens is 198 g/mol. The Bertz CT molecular complexity index is 202. The second kappa shape index (κ2) is 4.91. The maximum Gasteiger partial charge on any atom is 0.345 e. The lowest BCUT2D eigenvalue weighted by atomic mass is 9.93. The van der Waals surface area contributed by atoms with Crippen LogP contribution in [0, 0.1) is 5.41 Å². The van der Waals surface area contributed by atoms with Crippen LogP contribution < -0.4 is 0 Å². The Balaban J connectivity index is 2.44. The smallest absolute Gasteiger partial charge is 0.345 e. The summed E-state index contributed by atoms with van der Waals surface area (Å²) in [5.74, 6) is -0.236. The molecule has 0 aromatic carbocycles. The van der Waals surface area contributed by atoms with Crippen molar-refractivity contribution in [2.45, 2.75) is 13.8 Å². The van der Waals surface area contributed by atoms with E-state index in [2.05, 4.69) is 19.8 Å². The van der Waals surface area contributed by atoms with E-state index in [1.165, 1.54) is 0 Å². The van der Waals surface area contributed by atoms with Crippen LogP contribution in [0.1, 0.15) is 13.8 Å². The highest BCUT2D eigenvalue weighted by atomic mass is 28.2. The van der Waals surface area contributed by atoms with Crippen molar-refractivity contribution in [1.29, 1.82) is 0 Å². The van der Waals surface area contributed by atoms with E-state index in [1.807, 2.05) is 13.8 Å². The Morgan fingerprint density at radius 3 is 2.57 bits per heavy atom. The third kappa shape index (κ3) is 3.08. The van der Waals surface area contributed by atoms with Crippen molar-refractivity contribution >= 4 is 16.5 Å². The molecule has 0 aromatic rings. The number of rotatable bonds is 3. The summed E-state index contributed by atoms with van der Waals surface area (Å²) >= 11 is 0. The average molecular weight is 214 g/mol. The molecular formula is C9H16NO3Si. The summed E-state index contributed by atoms with van der Waals surface area (Å²) < 4.78 is 9.80. The van der Waals surface area contributed by atoms with Crippen molar-refractivity contribution in [3.63, 3.8) is 0 Å². The van der Waals surface area contributed by atoms with Gasteiger partial charge in [-0.1, -0.05) is 0 Å². The minimum atomic E-state index is -0.473. The van der Waals surface area contributed by atoms with Crippen LogP contribution in [0.4, 0.5) is 0 Å². The lowest BCUT2D eigenvalue weighted by molar-refractivity contribution is -0.145. The molecule has 3 radical (unpaired) electrons. The minimum Gasteiger partial charge on any atom is -0.516 e. The zero-order chi connectivity index (χ0) is 10.6. The first-order chi connectivity index (χ1) is 6.56. The van der Waals surface area contributed by atoms with Crippen LogP contribution >= 0.6 is 0 Å². The molecule has 1 fully saturated rings. The van der Waals surface area contributed by atoms with Gasteiger partial charge in [0.15, 0.2) is 0 Å². The monoisotopic (exact) mass is 214 g/mol. The number of ether oxygens (including phenoxy) is 1. The quantitative estimate of drug-likeness (QED) is 0.619. The number of carbonyl (C=O) groups excluding carboxylic acids is 1. The molecule has 1 heterocycles. The summed E-state index contributed by atoms with van der Waals surface area (Å²) in [4.78, 5) is 13.6. The van der Waals surface area contributed by atoms with Crippen LogP contribution in [-0.4, -0.2) is 54.2 Å². The number of morpholine rings is 1. The van der Waals surface area contributed by atoms with Crippen molar-refractivity contribution in [2.24, 2.45) is 5.41 Å². The van der Waals surface area contributed by atoms with Gasteiger partial charge in [-0.2, -0.15) is 0 Å². The molecule has 0 amide bonds. The molecule has 1 rings (SSSR count). The largest absolute Gasteiger partial charge is 0.516 e. The summed E-state index contributed by atoms with van der Waals surface area (Å²) in [6, 6.07) is 0. The molecule has 0 spiro atoms. The van der Waals surface area contributed by atoms with Crippen LogP contribution in [0.3, 0.4) is 0 Å². The fourth-order valence-corrected chi connectivity index (χ4v) is 1.80. The average Bonchev–Trinajstić information content (AvgIpc) is 2.17. The summed E-state index contributed by atoms with van der Waals surface area (Å²) in [6.07, 6.45) is 0. The van der Waals surface area contributed by atoms with Crippen LogP contribution in [-0.2, 0) is 14.0 Å². The Morgan fingerprint density at radius 1 is 1.50 bits per heavy atom. The first-order valence-corrected chi connectivity index (χ1v) is 5.15. The summed E-state index contributed by atoms with van der Waals surface area (Å²) in [7, 11) is 2.77. The summed E-state index contributed by atoms with van der Waals surface area (Å²) in [6.45, 7) is 7.74. The van der Waals surface area contributed by atoms with E-state index in [0.717, 1.165) is 26.3 Å². The van der Waals surface area contributed by atoms with Crippen molar-refractivity contribution in [2.75, 3.05) is 32.8 Å². The fourth-order valence-electron chi connectivity index (χ4n) is 1.52. The van der Waals surface area contributed by atoms with Gasteiger partial charge in [0, 0.05) is 19.6 Å². The highest BCUT2D eigenvalue weighted by Gasteiger charge is 2.31. The standard InChI is InChI=1S/C9H16NO3Si/c1-9(2,8(11)13-14)7-10-3-5-12-6-4-10/h3-7H2,1-2H3. The van der Waals surface area contributed by atoms with E-state index in [9.17, 15) is 4.79 Å².